The number of nitro groups is 1. The van der Waals surface area contributed by atoms with E-state index in [2.05, 4.69) is 4.84 Å². The predicted molar refractivity (Wildman–Crippen MR) is 60.7 cm³/mol. The van der Waals surface area contributed by atoms with Crippen molar-refractivity contribution < 1.29 is 14.5 Å². The summed E-state index contributed by atoms with van der Waals surface area (Å²) >= 11 is 0. The van der Waals surface area contributed by atoms with Gasteiger partial charge in [0.1, 0.15) is 0 Å². The lowest BCUT2D eigenvalue weighted by Gasteiger charge is -2.14. The number of rotatable bonds is 5. The van der Waals surface area contributed by atoms with Gasteiger partial charge in [0.15, 0.2) is 5.75 Å². The second kappa shape index (κ2) is 4.31. The Morgan fingerprint density at radius 1 is 1.53 bits per heavy atom. The zero-order valence-corrected chi connectivity index (χ0v) is 9.51. The number of hydrogen-bond acceptors (Lipinski definition) is 5. The van der Waals surface area contributed by atoms with Crippen LogP contribution in [0.3, 0.4) is 0 Å². The molecule has 1 aliphatic carbocycles. The maximum absolute atomic E-state index is 10.9. The molecule has 0 aliphatic heterocycles. The van der Waals surface area contributed by atoms with E-state index in [4.69, 9.17) is 10.6 Å². The van der Waals surface area contributed by atoms with Gasteiger partial charge in [-0.3, -0.25) is 10.1 Å². The van der Waals surface area contributed by atoms with Crippen LogP contribution in [0.2, 0.25) is 0 Å². The predicted octanol–water partition coefficient (Wildman–Crippen LogP) is 1.53. The van der Waals surface area contributed by atoms with Gasteiger partial charge < -0.3 is 9.57 Å². The van der Waals surface area contributed by atoms with E-state index in [0.29, 0.717) is 6.61 Å². The summed E-state index contributed by atoms with van der Waals surface area (Å²) in [5, 5.41) is 10.9. The Hall–Kier alpha value is -1.66. The van der Waals surface area contributed by atoms with Gasteiger partial charge in [-0.15, -0.1) is 0 Å². The van der Waals surface area contributed by atoms with Crippen LogP contribution in [-0.4, -0.2) is 18.6 Å². The van der Waals surface area contributed by atoms with E-state index in [1.54, 1.807) is 12.1 Å². The molecule has 0 spiro atoms. The number of nitrogens with zero attached hydrogens (tertiary/aromatic N) is 1. The van der Waals surface area contributed by atoms with Crippen LogP contribution in [0.5, 0.6) is 5.75 Å². The lowest BCUT2D eigenvalue weighted by molar-refractivity contribution is -0.385. The van der Waals surface area contributed by atoms with Crippen molar-refractivity contribution >= 4 is 5.69 Å². The van der Waals surface area contributed by atoms with Crippen molar-refractivity contribution in [1.82, 2.24) is 0 Å². The highest BCUT2D eigenvalue weighted by Gasteiger charge is 2.45. The Labute approximate surface area is 98.4 Å². The average molecular weight is 238 g/mol. The minimum Gasteiger partial charge on any atom is -0.490 e. The van der Waals surface area contributed by atoms with E-state index in [1.165, 1.54) is 7.11 Å². The van der Waals surface area contributed by atoms with Crippen molar-refractivity contribution in [2.75, 3.05) is 13.7 Å². The topological polar surface area (TPSA) is 87.6 Å². The van der Waals surface area contributed by atoms with Crippen molar-refractivity contribution in [1.29, 1.82) is 0 Å². The van der Waals surface area contributed by atoms with Crippen molar-refractivity contribution in [3.63, 3.8) is 0 Å². The van der Waals surface area contributed by atoms with Gasteiger partial charge in [-0.05, 0) is 24.5 Å². The number of nitrogens with two attached hydrogens (primary N) is 1. The molecule has 6 nitrogen and oxygen atoms in total. The maximum Gasteiger partial charge on any atom is 0.311 e. The fourth-order valence-corrected chi connectivity index (χ4v) is 1.99. The van der Waals surface area contributed by atoms with E-state index in [-0.39, 0.29) is 16.9 Å². The molecule has 1 aliphatic rings. The van der Waals surface area contributed by atoms with Gasteiger partial charge in [-0.2, -0.15) is 0 Å². The third-order valence-corrected chi connectivity index (χ3v) is 3.20. The first kappa shape index (κ1) is 11.8. The van der Waals surface area contributed by atoms with E-state index >= 15 is 0 Å². The van der Waals surface area contributed by atoms with Crippen LogP contribution in [0.4, 0.5) is 5.69 Å². The van der Waals surface area contributed by atoms with Gasteiger partial charge in [-0.1, -0.05) is 6.07 Å². The number of benzene rings is 1. The number of nitro benzene ring substituents is 1. The molecular weight excluding hydrogens is 224 g/mol. The molecule has 2 N–H and O–H groups in total. The Balaban J connectivity index is 2.37. The molecule has 1 fully saturated rings. The van der Waals surface area contributed by atoms with Crippen LogP contribution in [0.25, 0.3) is 0 Å². The zero-order valence-electron chi connectivity index (χ0n) is 9.51. The third-order valence-electron chi connectivity index (χ3n) is 3.20. The van der Waals surface area contributed by atoms with Gasteiger partial charge in [0.25, 0.3) is 0 Å². The molecule has 0 aromatic heterocycles. The molecule has 1 aromatic carbocycles. The highest BCUT2D eigenvalue weighted by atomic mass is 16.6. The van der Waals surface area contributed by atoms with Crippen LogP contribution in [0.15, 0.2) is 18.2 Å². The Morgan fingerprint density at radius 2 is 2.24 bits per heavy atom. The molecule has 1 aromatic rings. The van der Waals surface area contributed by atoms with Crippen LogP contribution in [0, 0.1) is 10.1 Å². The number of methoxy groups -OCH3 is 1. The molecule has 6 heteroatoms. The van der Waals surface area contributed by atoms with Crippen molar-refractivity contribution in [2.24, 2.45) is 5.90 Å². The number of ether oxygens (including phenoxy) is 1. The molecule has 1 saturated carbocycles. The molecule has 0 radical (unpaired) electrons. The quantitative estimate of drug-likeness (QED) is 0.620. The van der Waals surface area contributed by atoms with Crippen molar-refractivity contribution in [3.05, 3.63) is 33.9 Å². The summed E-state index contributed by atoms with van der Waals surface area (Å²) in [6.07, 6.45) is 1.88. The van der Waals surface area contributed by atoms with Crippen LogP contribution in [-0.2, 0) is 10.3 Å². The van der Waals surface area contributed by atoms with Gasteiger partial charge >= 0.3 is 5.69 Å². The summed E-state index contributed by atoms with van der Waals surface area (Å²) in [6.45, 7) is 0.385. The Kier molecular flexibility index (Phi) is 2.99. The maximum atomic E-state index is 10.9. The monoisotopic (exact) mass is 238 g/mol. The summed E-state index contributed by atoms with van der Waals surface area (Å²) in [7, 11) is 1.41. The van der Waals surface area contributed by atoms with E-state index < -0.39 is 4.92 Å². The highest BCUT2D eigenvalue weighted by Crippen LogP contribution is 2.49. The molecule has 0 atom stereocenters. The summed E-state index contributed by atoms with van der Waals surface area (Å²) in [5.41, 5.74) is 0.718. The summed E-state index contributed by atoms with van der Waals surface area (Å²) in [4.78, 5) is 15.1. The van der Waals surface area contributed by atoms with Crippen molar-refractivity contribution in [3.8, 4) is 5.75 Å². The van der Waals surface area contributed by atoms with E-state index in [1.807, 2.05) is 6.07 Å². The first-order chi connectivity index (χ1) is 8.13. The van der Waals surface area contributed by atoms with Crippen LogP contribution in [0.1, 0.15) is 18.4 Å². The largest absolute Gasteiger partial charge is 0.490 e. The Morgan fingerprint density at radius 3 is 2.71 bits per heavy atom. The van der Waals surface area contributed by atoms with Crippen LogP contribution >= 0.6 is 0 Å². The summed E-state index contributed by atoms with van der Waals surface area (Å²) in [5.74, 6) is 5.35. The first-order valence-electron chi connectivity index (χ1n) is 5.27. The fourth-order valence-electron chi connectivity index (χ4n) is 1.99. The smallest absolute Gasteiger partial charge is 0.311 e. The second-order valence-corrected chi connectivity index (χ2v) is 4.24. The lowest BCUT2D eigenvalue weighted by atomic mass is 9.96. The summed E-state index contributed by atoms with van der Waals surface area (Å²) in [6, 6.07) is 4.99. The van der Waals surface area contributed by atoms with Crippen molar-refractivity contribution in [2.45, 2.75) is 18.3 Å². The molecule has 0 amide bonds. The molecule has 92 valence electrons. The molecule has 0 bridgehead atoms. The zero-order chi connectivity index (χ0) is 12.5. The van der Waals surface area contributed by atoms with E-state index in [0.717, 1.165) is 18.4 Å². The number of hydrogen-bond donors (Lipinski definition) is 1. The van der Waals surface area contributed by atoms with E-state index in [9.17, 15) is 10.1 Å². The van der Waals surface area contributed by atoms with Gasteiger partial charge in [-0.25, -0.2) is 5.90 Å². The first-order valence-corrected chi connectivity index (χ1v) is 5.27. The van der Waals surface area contributed by atoms with Gasteiger partial charge in [0.05, 0.1) is 18.6 Å². The summed E-state index contributed by atoms with van der Waals surface area (Å²) < 4.78 is 4.96. The van der Waals surface area contributed by atoms with Gasteiger partial charge in [0, 0.05) is 11.5 Å². The molecular formula is C11H14N2O4. The third kappa shape index (κ3) is 2.09. The van der Waals surface area contributed by atoms with Crippen LogP contribution < -0.4 is 10.6 Å². The molecule has 0 heterocycles. The molecule has 2 rings (SSSR count). The minimum atomic E-state index is -0.443. The minimum absolute atomic E-state index is 0.0201. The SMILES string of the molecule is COc1ccc(C2(CON)CC2)cc1[N+](=O)[O-]. The fraction of sp³-hybridized carbons (Fsp3) is 0.455. The highest BCUT2D eigenvalue weighted by molar-refractivity contribution is 5.51. The second-order valence-electron chi connectivity index (χ2n) is 4.24. The molecule has 17 heavy (non-hydrogen) atoms. The standard InChI is InChI=1S/C11H14N2O4/c1-16-10-3-2-8(6-9(10)13(14)15)11(4-5-11)7-17-12/h2-3,6H,4-5,7,12H2,1H3. The Bertz CT molecular complexity index is 443. The molecule has 0 unspecified atom stereocenters. The van der Waals surface area contributed by atoms with Gasteiger partial charge in [0.2, 0.25) is 0 Å². The average Bonchev–Trinajstić information content (AvgIpc) is 3.09. The lowest BCUT2D eigenvalue weighted by Crippen LogP contribution is -2.18. The molecule has 0 saturated heterocycles. The normalized spacial score (nSPS) is 16.6.